The minimum absolute atomic E-state index is 0.0917. The van der Waals surface area contributed by atoms with E-state index in [1.54, 1.807) is 18.5 Å². The Morgan fingerprint density at radius 3 is 1.05 bits per heavy atom. The third-order valence-electron chi connectivity index (χ3n) is 14.5. The van der Waals surface area contributed by atoms with E-state index in [0.29, 0.717) is 5.88 Å². The number of ether oxygens (including phenoxy) is 3. The Balaban J connectivity index is 0.000000391. The molecule has 4 rings (SSSR count). The maximum atomic E-state index is 12.2. The molecule has 0 radical (unpaired) electrons. The lowest BCUT2D eigenvalue weighted by atomic mass is 9.98. The molecule has 2 atom stereocenters. The molecule has 0 aliphatic rings. The van der Waals surface area contributed by atoms with Gasteiger partial charge in [-0.2, -0.15) is 0 Å². The Morgan fingerprint density at radius 2 is 0.757 bits per heavy atom. The van der Waals surface area contributed by atoms with Crippen LogP contribution in [0.25, 0.3) is 21.8 Å². The number of rotatable bonds is 39. The molecule has 2 aromatic heterocycles. The van der Waals surface area contributed by atoms with Gasteiger partial charge >= 0.3 is 12.3 Å². The molecule has 2 heterocycles. The molecular weight excluding hydrogens is 929 g/mol. The summed E-state index contributed by atoms with van der Waals surface area (Å²) in [5.74, 6) is 0.494. The second-order valence-electron chi connectivity index (χ2n) is 20.7. The molecule has 0 spiro atoms. The fourth-order valence-electron chi connectivity index (χ4n) is 10.5. The zero-order valence-corrected chi connectivity index (χ0v) is 47.3. The smallest absolute Gasteiger partial charge is 0.449 e. The Kier molecular flexibility index (Phi) is 33.0. The molecule has 4 aromatic rings. The number of carbonyl (C=O) groups is 4. The monoisotopic (exact) mass is 1030 g/mol. The number of carbonyl (C=O) groups excluding carboxylic acids is 3. The van der Waals surface area contributed by atoms with Crippen LogP contribution in [0.2, 0.25) is 0 Å². The van der Waals surface area contributed by atoms with Crippen LogP contribution < -0.4 is 20.1 Å². The van der Waals surface area contributed by atoms with Crippen LogP contribution in [0.15, 0.2) is 48.5 Å². The Hall–Kier alpha value is -5.00. The number of aromatic nitrogens is 2. The predicted octanol–water partition coefficient (Wildman–Crippen LogP) is 17.8. The minimum Gasteiger partial charge on any atom is -0.449 e. The lowest BCUT2D eigenvalue weighted by Gasteiger charge is -2.19. The third-order valence-corrected chi connectivity index (χ3v) is 14.5. The van der Waals surface area contributed by atoms with Gasteiger partial charge in [0, 0.05) is 49.8 Å². The number of benzene rings is 2. The van der Waals surface area contributed by atoms with Gasteiger partial charge in [-0.3, -0.25) is 9.59 Å². The summed E-state index contributed by atoms with van der Waals surface area (Å²) in [5, 5.41) is 17.3. The molecular formula is C62H100N4O8. The summed E-state index contributed by atoms with van der Waals surface area (Å²) < 4.78 is 19.5. The number of para-hydroxylation sites is 2. The van der Waals surface area contributed by atoms with E-state index in [0.717, 1.165) is 71.5 Å². The zero-order valence-electron chi connectivity index (χ0n) is 47.3. The Bertz CT molecular complexity index is 2180. The van der Waals surface area contributed by atoms with Gasteiger partial charge in [0.15, 0.2) is 0 Å². The average molecular weight is 1030 g/mol. The summed E-state index contributed by atoms with van der Waals surface area (Å²) in [6.07, 6.45) is 38.8. The van der Waals surface area contributed by atoms with Gasteiger partial charge in [-0.1, -0.05) is 243 Å². The number of hydrogen-bond acceptors (Lipinski definition) is 7. The molecule has 0 aliphatic heterocycles. The lowest BCUT2D eigenvalue weighted by molar-refractivity contribution is -0.120. The number of nitrogens with one attached hydrogen (secondary N) is 2. The quantitative estimate of drug-likeness (QED) is 0.0295. The van der Waals surface area contributed by atoms with E-state index in [1.807, 2.05) is 60.1 Å². The summed E-state index contributed by atoms with van der Waals surface area (Å²) in [6, 6.07) is 15.2. The van der Waals surface area contributed by atoms with Crippen LogP contribution in [-0.4, -0.2) is 45.0 Å². The molecule has 2 unspecified atom stereocenters. The number of carboxylic acid groups (broad SMARTS) is 1. The molecule has 0 aliphatic carbocycles. The molecule has 2 aromatic carbocycles. The van der Waals surface area contributed by atoms with Crippen molar-refractivity contribution in [2.24, 2.45) is 14.1 Å². The van der Waals surface area contributed by atoms with Gasteiger partial charge in [0.05, 0.1) is 29.7 Å². The molecule has 12 nitrogen and oxygen atoms in total. The maximum absolute atomic E-state index is 12.2. The molecule has 2 amide bonds. The second-order valence-corrected chi connectivity index (χ2v) is 20.7. The highest BCUT2D eigenvalue weighted by molar-refractivity contribution is 5.90. The summed E-state index contributed by atoms with van der Waals surface area (Å²) in [6.45, 7) is 9.57. The van der Waals surface area contributed by atoms with E-state index in [1.165, 1.54) is 181 Å². The van der Waals surface area contributed by atoms with Gasteiger partial charge in [-0.25, -0.2) is 9.59 Å². The third kappa shape index (κ3) is 24.1. The summed E-state index contributed by atoms with van der Waals surface area (Å²) in [4.78, 5) is 47.7. The first-order chi connectivity index (χ1) is 35.9. The first-order valence-corrected chi connectivity index (χ1v) is 29.4. The summed E-state index contributed by atoms with van der Waals surface area (Å²) in [5.41, 5.74) is 3.43. The highest BCUT2D eigenvalue weighted by atomic mass is 16.7. The molecule has 416 valence electrons. The lowest BCUT2D eigenvalue weighted by Crippen LogP contribution is -2.27. The van der Waals surface area contributed by atoms with E-state index in [-0.39, 0.29) is 36.4 Å². The molecule has 0 saturated carbocycles. The van der Waals surface area contributed by atoms with Crippen molar-refractivity contribution in [3.8, 4) is 11.8 Å². The van der Waals surface area contributed by atoms with E-state index in [2.05, 4.69) is 24.5 Å². The first-order valence-electron chi connectivity index (χ1n) is 29.4. The van der Waals surface area contributed by atoms with Crippen molar-refractivity contribution in [2.45, 2.75) is 252 Å². The van der Waals surface area contributed by atoms with E-state index in [9.17, 15) is 24.3 Å². The van der Waals surface area contributed by atoms with Crippen molar-refractivity contribution in [1.82, 2.24) is 19.8 Å². The normalized spacial score (nSPS) is 12.0. The van der Waals surface area contributed by atoms with Crippen LogP contribution >= 0.6 is 0 Å². The molecule has 12 heteroatoms. The van der Waals surface area contributed by atoms with Gasteiger partial charge in [0.25, 0.3) is 0 Å². The summed E-state index contributed by atoms with van der Waals surface area (Å²) in [7, 11) is 3.67. The predicted molar refractivity (Wildman–Crippen MR) is 304 cm³/mol. The van der Waals surface area contributed by atoms with Crippen LogP contribution in [0.3, 0.4) is 0 Å². The number of nitrogens with zero attached hydrogens (tertiary/aromatic N) is 2. The molecule has 74 heavy (non-hydrogen) atoms. The highest BCUT2D eigenvalue weighted by Gasteiger charge is 2.28. The van der Waals surface area contributed by atoms with Gasteiger partial charge in [0.1, 0.15) is 0 Å². The second kappa shape index (κ2) is 38.5. The first kappa shape index (κ1) is 63.3. The van der Waals surface area contributed by atoms with Crippen molar-refractivity contribution in [3.05, 3.63) is 59.7 Å². The summed E-state index contributed by atoms with van der Waals surface area (Å²) >= 11 is 0. The van der Waals surface area contributed by atoms with Crippen LogP contribution in [0.1, 0.15) is 263 Å². The Morgan fingerprint density at radius 1 is 0.459 bits per heavy atom. The van der Waals surface area contributed by atoms with E-state index in [4.69, 9.17) is 14.2 Å². The Labute approximate surface area is 446 Å². The number of unbranched alkanes of at least 4 members (excludes halogenated alkanes) is 28. The van der Waals surface area contributed by atoms with Crippen molar-refractivity contribution in [2.75, 3.05) is 6.61 Å². The molecule has 0 bridgehead atoms. The zero-order chi connectivity index (χ0) is 53.8. The van der Waals surface area contributed by atoms with Crippen LogP contribution in [-0.2, 0) is 28.4 Å². The van der Waals surface area contributed by atoms with Crippen molar-refractivity contribution < 1.29 is 38.5 Å². The fraction of sp³-hybridized carbons (Fsp3) is 0.677. The van der Waals surface area contributed by atoms with Gasteiger partial charge in [-0.15, -0.1) is 0 Å². The SMILES string of the molecule is CCCCCCCCCCCCCCCCCC(NC(C)=O)c1c(OC(=O)O)n(C)c2ccccc12.CCCCCCCCCCCCCCCCCC(NC(C)=O)c1c(OC(=O)OCC)n(C)c2ccccc12. The number of hydrogen-bond donors (Lipinski definition) is 3. The number of aryl methyl sites for hydroxylation is 2. The van der Waals surface area contributed by atoms with E-state index >= 15 is 0 Å². The largest absolute Gasteiger partial charge is 0.515 e. The van der Waals surface area contributed by atoms with Gasteiger partial charge < -0.3 is 39.1 Å². The average Bonchev–Trinajstić information content (AvgIpc) is 3.80. The van der Waals surface area contributed by atoms with Gasteiger partial charge in [0.2, 0.25) is 23.6 Å². The van der Waals surface area contributed by atoms with Crippen LogP contribution in [0, 0.1) is 0 Å². The number of amides is 2. The van der Waals surface area contributed by atoms with Crippen LogP contribution in [0.4, 0.5) is 9.59 Å². The topological polar surface area (TPSA) is 150 Å². The molecule has 0 saturated heterocycles. The van der Waals surface area contributed by atoms with Crippen molar-refractivity contribution in [3.63, 3.8) is 0 Å². The van der Waals surface area contributed by atoms with Crippen LogP contribution in [0.5, 0.6) is 11.8 Å². The van der Waals surface area contributed by atoms with E-state index < -0.39 is 12.3 Å². The standard InChI is InChI=1S/C32H52N2O4.C30H48N2O4/c1-5-7-8-9-10-11-12-13-14-15-16-17-18-19-20-24-28(33-26(3)35)30-27-23-21-22-25-29(27)34(4)31(30)38-32(36)37-6-2;1-4-5-6-7-8-9-10-11-12-13-14-15-16-17-18-22-26(31-24(2)33)28-25-21-19-20-23-27(25)32(3)29(28)36-30(34)35/h21-23,25,28H,5-20,24H2,1-4H3,(H,33,35);19-21,23,26H,4-18,22H2,1-3H3,(H,31,33)(H,34,35). The minimum atomic E-state index is -1.35. The van der Waals surface area contributed by atoms with Crippen molar-refractivity contribution >= 4 is 45.9 Å². The number of fused-ring (bicyclic) bond motifs is 2. The fourth-order valence-corrected chi connectivity index (χ4v) is 10.5. The van der Waals surface area contributed by atoms with Gasteiger partial charge in [-0.05, 0) is 31.9 Å². The highest BCUT2D eigenvalue weighted by Crippen LogP contribution is 2.40. The van der Waals surface area contributed by atoms with Crippen molar-refractivity contribution in [1.29, 1.82) is 0 Å². The molecule has 0 fully saturated rings. The molecule has 3 N–H and O–H groups in total. The maximum Gasteiger partial charge on any atom is 0.515 e.